The van der Waals surface area contributed by atoms with Gasteiger partial charge in [0.05, 0.1) is 15.9 Å². The SMILES string of the molecule is CC(C)Sc1ccc([N+](=O)[O-])cc1C(=O)NCC1(C(=O)O)CCCCC1. The number of aliphatic carboxylic acids is 1. The molecule has 0 atom stereocenters. The first kappa shape index (κ1) is 20.2. The van der Waals surface area contributed by atoms with Gasteiger partial charge in [0.25, 0.3) is 11.6 Å². The van der Waals surface area contributed by atoms with Gasteiger partial charge in [-0.2, -0.15) is 0 Å². The highest BCUT2D eigenvalue weighted by Gasteiger charge is 2.40. The summed E-state index contributed by atoms with van der Waals surface area (Å²) in [6.07, 6.45) is 3.72. The third-order valence-corrected chi connectivity index (χ3v) is 5.71. The number of rotatable bonds is 7. The highest BCUT2D eigenvalue weighted by molar-refractivity contribution is 8.00. The number of carboxylic acids is 1. The Kier molecular flexibility index (Phi) is 6.63. The zero-order valence-electron chi connectivity index (χ0n) is 15.0. The molecule has 0 bridgehead atoms. The largest absolute Gasteiger partial charge is 0.481 e. The van der Waals surface area contributed by atoms with Gasteiger partial charge in [-0.3, -0.25) is 19.7 Å². The standard InChI is InChI=1S/C18H24N2O5S/c1-12(2)26-15-7-6-13(20(24)25)10-14(15)16(21)19-11-18(17(22)23)8-4-3-5-9-18/h6-7,10,12H,3-5,8-9,11H2,1-2H3,(H,19,21)(H,22,23). The molecule has 1 aliphatic rings. The fraction of sp³-hybridized carbons (Fsp3) is 0.556. The van der Waals surface area contributed by atoms with Crippen molar-refractivity contribution in [3.05, 3.63) is 33.9 Å². The lowest BCUT2D eigenvalue weighted by Crippen LogP contribution is -2.44. The van der Waals surface area contributed by atoms with Crippen LogP contribution in [-0.4, -0.2) is 33.7 Å². The van der Waals surface area contributed by atoms with Gasteiger partial charge in [0.15, 0.2) is 0 Å². The smallest absolute Gasteiger partial charge is 0.311 e. The minimum atomic E-state index is -0.944. The molecule has 0 heterocycles. The molecule has 0 spiro atoms. The maximum absolute atomic E-state index is 12.7. The highest BCUT2D eigenvalue weighted by atomic mass is 32.2. The zero-order chi connectivity index (χ0) is 19.3. The summed E-state index contributed by atoms with van der Waals surface area (Å²) in [5.41, 5.74) is -0.886. The van der Waals surface area contributed by atoms with Gasteiger partial charge in [-0.15, -0.1) is 11.8 Å². The van der Waals surface area contributed by atoms with Crippen molar-refractivity contribution in [3.8, 4) is 0 Å². The third-order valence-electron chi connectivity index (χ3n) is 4.63. The van der Waals surface area contributed by atoms with Crippen molar-refractivity contribution >= 4 is 29.3 Å². The van der Waals surface area contributed by atoms with Crippen molar-refractivity contribution < 1.29 is 19.6 Å². The molecule has 7 nitrogen and oxygen atoms in total. The molecule has 1 aromatic carbocycles. The lowest BCUT2D eigenvalue weighted by atomic mass is 9.74. The third kappa shape index (κ3) is 4.75. The van der Waals surface area contributed by atoms with Crippen molar-refractivity contribution in [1.82, 2.24) is 5.32 Å². The molecule has 0 unspecified atom stereocenters. The number of thioether (sulfide) groups is 1. The van der Waals surface area contributed by atoms with Crippen molar-refractivity contribution in [2.45, 2.75) is 56.1 Å². The average molecular weight is 380 g/mol. The van der Waals surface area contributed by atoms with Crippen LogP contribution in [0.4, 0.5) is 5.69 Å². The second-order valence-electron chi connectivity index (χ2n) is 6.93. The second-order valence-corrected chi connectivity index (χ2v) is 8.55. The number of nitro benzene ring substituents is 1. The molecule has 1 aliphatic carbocycles. The Balaban J connectivity index is 2.22. The zero-order valence-corrected chi connectivity index (χ0v) is 15.8. The number of hydrogen-bond acceptors (Lipinski definition) is 5. The molecule has 0 radical (unpaired) electrons. The number of nitrogens with one attached hydrogen (secondary N) is 1. The van der Waals surface area contributed by atoms with E-state index in [2.05, 4.69) is 5.32 Å². The van der Waals surface area contributed by atoms with Gasteiger partial charge < -0.3 is 10.4 Å². The topological polar surface area (TPSA) is 110 Å². The minimum Gasteiger partial charge on any atom is -0.481 e. The normalized spacial score (nSPS) is 16.3. The van der Waals surface area contributed by atoms with E-state index in [1.54, 1.807) is 6.07 Å². The van der Waals surface area contributed by atoms with Gasteiger partial charge in [0.2, 0.25) is 0 Å². The molecule has 2 rings (SSSR count). The van der Waals surface area contributed by atoms with Crippen molar-refractivity contribution in [2.24, 2.45) is 5.41 Å². The summed E-state index contributed by atoms with van der Waals surface area (Å²) in [6, 6.07) is 4.21. The van der Waals surface area contributed by atoms with Crippen LogP contribution in [0, 0.1) is 15.5 Å². The first-order valence-corrected chi connectivity index (χ1v) is 9.60. The van der Waals surface area contributed by atoms with Crippen LogP contribution >= 0.6 is 11.8 Å². The Morgan fingerprint density at radius 3 is 2.50 bits per heavy atom. The molecular weight excluding hydrogens is 356 g/mol. The summed E-state index contributed by atoms with van der Waals surface area (Å²) < 4.78 is 0. The summed E-state index contributed by atoms with van der Waals surface area (Å²) >= 11 is 1.44. The van der Waals surface area contributed by atoms with Gasteiger partial charge in [-0.05, 0) is 18.9 Å². The van der Waals surface area contributed by atoms with Crippen LogP contribution < -0.4 is 5.32 Å². The number of nitro groups is 1. The van der Waals surface area contributed by atoms with Crippen LogP contribution in [-0.2, 0) is 4.79 Å². The Labute approximate surface area is 156 Å². The van der Waals surface area contributed by atoms with Crippen LogP contribution in [0.15, 0.2) is 23.1 Å². The Morgan fingerprint density at radius 1 is 1.31 bits per heavy atom. The number of amides is 1. The van der Waals surface area contributed by atoms with Gasteiger partial charge in [0, 0.05) is 28.8 Å². The Morgan fingerprint density at radius 2 is 1.96 bits per heavy atom. The van der Waals surface area contributed by atoms with Gasteiger partial charge in [0.1, 0.15) is 0 Å². The molecule has 1 fully saturated rings. The number of carbonyl (C=O) groups excluding carboxylic acids is 1. The fourth-order valence-electron chi connectivity index (χ4n) is 3.21. The predicted octanol–water partition coefficient (Wildman–Crippen LogP) is 3.86. The number of non-ortho nitro benzene ring substituents is 1. The maximum Gasteiger partial charge on any atom is 0.311 e. The van der Waals surface area contributed by atoms with Gasteiger partial charge in [-0.1, -0.05) is 33.1 Å². The van der Waals surface area contributed by atoms with E-state index in [4.69, 9.17) is 0 Å². The van der Waals surface area contributed by atoms with E-state index in [0.717, 1.165) is 19.3 Å². The van der Waals surface area contributed by atoms with E-state index in [-0.39, 0.29) is 23.0 Å². The van der Waals surface area contributed by atoms with Crippen LogP contribution in [0.2, 0.25) is 0 Å². The second kappa shape index (κ2) is 8.53. The number of hydrogen-bond donors (Lipinski definition) is 2. The molecule has 1 amide bonds. The summed E-state index contributed by atoms with van der Waals surface area (Å²) in [4.78, 5) is 35.6. The molecule has 142 valence electrons. The highest BCUT2D eigenvalue weighted by Crippen LogP contribution is 2.36. The van der Waals surface area contributed by atoms with Crippen LogP contribution in [0.25, 0.3) is 0 Å². The van der Waals surface area contributed by atoms with Gasteiger partial charge >= 0.3 is 5.97 Å². The van der Waals surface area contributed by atoms with E-state index in [1.165, 1.54) is 23.9 Å². The van der Waals surface area contributed by atoms with E-state index >= 15 is 0 Å². The number of carbonyl (C=O) groups is 2. The first-order chi connectivity index (χ1) is 12.2. The lowest BCUT2D eigenvalue weighted by Gasteiger charge is -2.33. The average Bonchev–Trinajstić information content (AvgIpc) is 2.60. The lowest BCUT2D eigenvalue weighted by molar-refractivity contribution is -0.384. The molecule has 0 aliphatic heterocycles. The van der Waals surface area contributed by atoms with Crippen LogP contribution in [0.5, 0.6) is 0 Å². The summed E-state index contributed by atoms with van der Waals surface area (Å²) in [5.74, 6) is -1.36. The van der Waals surface area contributed by atoms with E-state index < -0.39 is 22.2 Å². The monoisotopic (exact) mass is 380 g/mol. The van der Waals surface area contributed by atoms with Crippen molar-refractivity contribution in [3.63, 3.8) is 0 Å². The maximum atomic E-state index is 12.7. The summed E-state index contributed by atoms with van der Waals surface area (Å²) in [6.45, 7) is 3.97. The molecule has 26 heavy (non-hydrogen) atoms. The molecule has 2 N–H and O–H groups in total. The first-order valence-electron chi connectivity index (χ1n) is 8.72. The molecule has 0 aromatic heterocycles. The quantitative estimate of drug-likeness (QED) is 0.422. The Hall–Kier alpha value is -2.09. The van der Waals surface area contributed by atoms with E-state index in [0.29, 0.717) is 17.7 Å². The molecule has 0 saturated heterocycles. The summed E-state index contributed by atoms with van der Waals surface area (Å²) in [7, 11) is 0. The molecule has 8 heteroatoms. The number of carboxylic acid groups (broad SMARTS) is 1. The minimum absolute atomic E-state index is 0.0373. The molecule has 1 aromatic rings. The van der Waals surface area contributed by atoms with Crippen LogP contribution in [0.1, 0.15) is 56.3 Å². The Bertz CT molecular complexity index is 699. The van der Waals surface area contributed by atoms with Crippen molar-refractivity contribution in [1.29, 1.82) is 0 Å². The van der Waals surface area contributed by atoms with Gasteiger partial charge in [-0.25, -0.2) is 0 Å². The summed E-state index contributed by atoms with van der Waals surface area (Å²) in [5, 5.41) is 23.6. The molecule has 1 saturated carbocycles. The predicted molar refractivity (Wildman–Crippen MR) is 99.6 cm³/mol. The number of nitrogens with zero attached hydrogens (tertiary/aromatic N) is 1. The van der Waals surface area contributed by atoms with E-state index in [9.17, 15) is 24.8 Å². The molecular formula is C18H24N2O5S. The fourth-order valence-corrected chi connectivity index (χ4v) is 4.14. The number of benzene rings is 1. The van der Waals surface area contributed by atoms with Crippen LogP contribution in [0.3, 0.4) is 0 Å². The van der Waals surface area contributed by atoms with E-state index in [1.807, 2.05) is 13.8 Å². The van der Waals surface area contributed by atoms with Crippen molar-refractivity contribution in [2.75, 3.05) is 6.54 Å².